The number of hydrogen-bond donors (Lipinski definition) is 0. The van der Waals surface area contributed by atoms with Crippen LogP contribution in [0.5, 0.6) is 0 Å². The molecular weight excluding hydrogens is 276 g/mol. The minimum absolute atomic E-state index is 0.00379. The normalized spacial score (nSPS) is 18.8. The van der Waals surface area contributed by atoms with E-state index in [0.717, 1.165) is 24.1 Å². The van der Waals surface area contributed by atoms with Gasteiger partial charge in [0.2, 0.25) is 15.9 Å². The molecule has 108 valence electrons. The molecule has 0 N–H and O–H groups in total. The standard InChI is InChI=1S/C14H18N2O3S/c1-3-16(11-4-5-11)20(18,19)12-6-7-13-10(8-12)9-14(17)15(13)2/h6-8,11H,3-5,9H2,1-2H3. The molecule has 1 aliphatic carbocycles. The zero-order valence-corrected chi connectivity index (χ0v) is 12.5. The predicted octanol–water partition coefficient (Wildman–Crippen LogP) is 1.38. The van der Waals surface area contributed by atoms with Crippen molar-refractivity contribution < 1.29 is 13.2 Å². The van der Waals surface area contributed by atoms with E-state index in [2.05, 4.69) is 0 Å². The highest BCUT2D eigenvalue weighted by Gasteiger charge is 2.37. The summed E-state index contributed by atoms with van der Waals surface area (Å²) in [4.78, 5) is 13.5. The van der Waals surface area contributed by atoms with Crippen LogP contribution in [0.1, 0.15) is 25.3 Å². The van der Waals surface area contributed by atoms with Gasteiger partial charge in [0.25, 0.3) is 0 Å². The zero-order valence-electron chi connectivity index (χ0n) is 11.7. The van der Waals surface area contributed by atoms with Gasteiger partial charge in [-0.2, -0.15) is 4.31 Å². The first kappa shape index (κ1) is 13.6. The van der Waals surface area contributed by atoms with Crippen molar-refractivity contribution in [3.05, 3.63) is 23.8 Å². The van der Waals surface area contributed by atoms with Gasteiger partial charge >= 0.3 is 0 Å². The summed E-state index contributed by atoms with van der Waals surface area (Å²) in [7, 11) is -1.73. The fraction of sp³-hybridized carbons (Fsp3) is 0.500. The van der Waals surface area contributed by atoms with Gasteiger partial charge in [-0.15, -0.1) is 0 Å². The third-order valence-electron chi connectivity index (χ3n) is 4.00. The molecule has 1 fully saturated rings. The first-order chi connectivity index (χ1) is 9.45. The van der Waals surface area contributed by atoms with E-state index in [9.17, 15) is 13.2 Å². The molecule has 0 aromatic heterocycles. The number of likely N-dealkylation sites (N-methyl/N-ethyl adjacent to an activating group) is 1. The summed E-state index contributed by atoms with van der Waals surface area (Å²) < 4.78 is 26.8. The number of fused-ring (bicyclic) bond motifs is 1. The molecule has 5 nitrogen and oxygen atoms in total. The van der Waals surface area contributed by atoms with E-state index in [4.69, 9.17) is 0 Å². The Kier molecular flexibility index (Phi) is 3.10. The van der Waals surface area contributed by atoms with Crippen molar-refractivity contribution in [2.75, 3.05) is 18.5 Å². The molecule has 1 aromatic carbocycles. The lowest BCUT2D eigenvalue weighted by molar-refractivity contribution is -0.117. The number of carbonyl (C=O) groups excluding carboxylic acids is 1. The number of benzene rings is 1. The summed E-state index contributed by atoms with van der Waals surface area (Å²) in [5.41, 5.74) is 1.61. The summed E-state index contributed by atoms with van der Waals surface area (Å²) in [6.07, 6.45) is 2.17. The molecule has 1 amide bonds. The van der Waals surface area contributed by atoms with E-state index >= 15 is 0 Å². The highest BCUT2D eigenvalue weighted by Crippen LogP contribution is 2.34. The Hall–Kier alpha value is -1.40. The highest BCUT2D eigenvalue weighted by atomic mass is 32.2. The number of sulfonamides is 1. The van der Waals surface area contributed by atoms with Crippen molar-refractivity contribution in [3.63, 3.8) is 0 Å². The molecule has 6 heteroatoms. The topological polar surface area (TPSA) is 57.7 Å². The second-order valence-corrected chi connectivity index (χ2v) is 7.25. The molecule has 0 unspecified atom stereocenters. The van der Waals surface area contributed by atoms with Gasteiger partial charge in [0.05, 0.1) is 11.3 Å². The van der Waals surface area contributed by atoms with Crippen LogP contribution in [0.25, 0.3) is 0 Å². The van der Waals surface area contributed by atoms with E-state index in [-0.39, 0.29) is 18.4 Å². The molecule has 1 saturated carbocycles. The summed E-state index contributed by atoms with van der Waals surface area (Å²) in [5, 5.41) is 0. The maximum atomic E-state index is 12.6. The number of carbonyl (C=O) groups is 1. The lowest BCUT2D eigenvalue weighted by atomic mass is 10.2. The molecule has 1 aromatic rings. The van der Waals surface area contributed by atoms with Gasteiger partial charge in [-0.05, 0) is 36.6 Å². The van der Waals surface area contributed by atoms with E-state index in [1.807, 2.05) is 6.92 Å². The smallest absolute Gasteiger partial charge is 0.243 e. The minimum Gasteiger partial charge on any atom is -0.315 e. The Labute approximate surface area is 119 Å². The number of anilines is 1. The Morgan fingerprint density at radius 2 is 2.05 bits per heavy atom. The van der Waals surface area contributed by atoms with Crippen molar-refractivity contribution in [3.8, 4) is 0 Å². The fourth-order valence-electron chi connectivity index (χ4n) is 2.73. The Balaban J connectivity index is 1.99. The quantitative estimate of drug-likeness (QED) is 0.843. The van der Waals surface area contributed by atoms with Gasteiger partial charge in [-0.3, -0.25) is 4.79 Å². The van der Waals surface area contributed by atoms with E-state index in [1.54, 1.807) is 34.5 Å². The summed E-state index contributed by atoms with van der Waals surface area (Å²) >= 11 is 0. The van der Waals surface area contributed by atoms with Crippen LogP contribution in [0.3, 0.4) is 0 Å². The Bertz CT molecular complexity index is 665. The first-order valence-electron chi connectivity index (χ1n) is 6.86. The monoisotopic (exact) mass is 294 g/mol. The molecule has 0 saturated heterocycles. The molecule has 0 atom stereocenters. The van der Waals surface area contributed by atoms with Crippen LogP contribution < -0.4 is 4.90 Å². The lowest BCUT2D eigenvalue weighted by Crippen LogP contribution is -2.32. The fourth-order valence-corrected chi connectivity index (χ4v) is 4.47. The van der Waals surface area contributed by atoms with Gasteiger partial charge in [0, 0.05) is 25.3 Å². The van der Waals surface area contributed by atoms with Gasteiger partial charge in [-0.1, -0.05) is 6.92 Å². The molecule has 1 aliphatic heterocycles. The van der Waals surface area contributed by atoms with Crippen LogP contribution in [0.15, 0.2) is 23.1 Å². The largest absolute Gasteiger partial charge is 0.315 e. The van der Waals surface area contributed by atoms with Crippen LogP contribution in [0.2, 0.25) is 0 Å². The maximum absolute atomic E-state index is 12.6. The van der Waals surface area contributed by atoms with Crippen molar-refractivity contribution in [1.29, 1.82) is 0 Å². The molecule has 2 aliphatic rings. The SMILES string of the molecule is CCN(C1CC1)S(=O)(=O)c1ccc2c(c1)CC(=O)N2C. The van der Waals surface area contributed by atoms with Crippen molar-refractivity contribution >= 4 is 21.6 Å². The molecule has 0 radical (unpaired) electrons. The molecule has 3 rings (SSSR count). The van der Waals surface area contributed by atoms with E-state index in [1.165, 1.54) is 0 Å². The number of hydrogen-bond acceptors (Lipinski definition) is 3. The van der Waals surface area contributed by atoms with Crippen LogP contribution in [-0.4, -0.2) is 38.3 Å². The molecular formula is C14H18N2O3S. The van der Waals surface area contributed by atoms with Gasteiger partial charge in [-0.25, -0.2) is 8.42 Å². The highest BCUT2D eigenvalue weighted by molar-refractivity contribution is 7.89. The Morgan fingerprint density at radius 3 is 2.65 bits per heavy atom. The average molecular weight is 294 g/mol. The molecule has 1 heterocycles. The summed E-state index contributed by atoms with van der Waals surface area (Å²) in [6.45, 7) is 2.35. The summed E-state index contributed by atoms with van der Waals surface area (Å²) in [6, 6.07) is 5.14. The third kappa shape index (κ3) is 2.03. The predicted molar refractivity (Wildman–Crippen MR) is 76.1 cm³/mol. The third-order valence-corrected chi connectivity index (χ3v) is 6.02. The van der Waals surface area contributed by atoms with E-state index in [0.29, 0.717) is 11.4 Å². The van der Waals surface area contributed by atoms with Crippen LogP contribution in [0.4, 0.5) is 5.69 Å². The zero-order chi connectivity index (χ0) is 14.5. The minimum atomic E-state index is -3.44. The van der Waals surface area contributed by atoms with Crippen LogP contribution >= 0.6 is 0 Å². The number of nitrogens with zero attached hydrogens (tertiary/aromatic N) is 2. The number of rotatable bonds is 4. The van der Waals surface area contributed by atoms with Gasteiger partial charge in [0.15, 0.2) is 0 Å². The number of amides is 1. The first-order valence-corrected chi connectivity index (χ1v) is 8.30. The molecule has 0 spiro atoms. The van der Waals surface area contributed by atoms with Crippen LogP contribution in [0, 0.1) is 0 Å². The second-order valence-electron chi connectivity index (χ2n) is 5.36. The van der Waals surface area contributed by atoms with Crippen LogP contribution in [-0.2, 0) is 21.2 Å². The molecule has 0 bridgehead atoms. The second kappa shape index (κ2) is 4.56. The van der Waals surface area contributed by atoms with Crippen molar-refractivity contribution in [2.45, 2.75) is 37.1 Å². The van der Waals surface area contributed by atoms with Crippen molar-refractivity contribution in [1.82, 2.24) is 4.31 Å². The average Bonchev–Trinajstić information content (AvgIpc) is 3.18. The van der Waals surface area contributed by atoms with Gasteiger partial charge in [0.1, 0.15) is 0 Å². The van der Waals surface area contributed by atoms with Gasteiger partial charge < -0.3 is 4.90 Å². The van der Waals surface area contributed by atoms with E-state index < -0.39 is 10.0 Å². The maximum Gasteiger partial charge on any atom is 0.243 e. The summed E-state index contributed by atoms with van der Waals surface area (Å²) in [5.74, 6) is 0.00379. The van der Waals surface area contributed by atoms with Crippen molar-refractivity contribution in [2.24, 2.45) is 0 Å². The molecule has 20 heavy (non-hydrogen) atoms. The Morgan fingerprint density at radius 1 is 1.35 bits per heavy atom. The lowest BCUT2D eigenvalue weighted by Gasteiger charge is -2.20.